The van der Waals surface area contributed by atoms with E-state index in [2.05, 4.69) is 20.7 Å². The van der Waals surface area contributed by atoms with Crippen molar-refractivity contribution in [1.29, 1.82) is 0 Å². The number of tetrazole rings is 1. The van der Waals surface area contributed by atoms with Gasteiger partial charge in [0.1, 0.15) is 18.1 Å². The standard InChI is InChI=1S/C26H28N6O6/c1-16-7-9-20(38-16)24-28-30-32(29-24)14-22(33)31(13-17-8-10-18-21(12-17)37-15-36-18)23(19-6-5-11-35-19)25(34)27-26(2,3)4/h5-12,23H,13-15H2,1-4H3,(H,27,34). The molecule has 0 aliphatic carbocycles. The van der Waals surface area contributed by atoms with Crippen LogP contribution in [0.3, 0.4) is 0 Å². The molecule has 0 fully saturated rings. The van der Waals surface area contributed by atoms with Gasteiger partial charge in [0.05, 0.1) is 6.26 Å². The molecule has 12 heteroatoms. The first-order valence-electron chi connectivity index (χ1n) is 12.0. The van der Waals surface area contributed by atoms with E-state index < -0.39 is 17.5 Å². The maximum Gasteiger partial charge on any atom is 0.251 e. The number of ether oxygens (including phenoxy) is 2. The Labute approximate surface area is 218 Å². The van der Waals surface area contributed by atoms with Crippen LogP contribution in [-0.2, 0) is 22.7 Å². The van der Waals surface area contributed by atoms with Crippen LogP contribution >= 0.6 is 0 Å². The van der Waals surface area contributed by atoms with Gasteiger partial charge in [-0.15, -0.1) is 10.2 Å². The van der Waals surface area contributed by atoms with Crippen LogP contribution < -0.4 is 14.8 Å². The molecule has 1 aliphatic heterocycles. The molecule has 4 heterocycles. The number of benzene rings is 1. The highest BCUT2D eigenvalue weighted by atomic mass is 16.7. The Kier molecular flexibility index (Phi) is 6.62. The number of carbonyl (C=O) groups is 2. The largest absolute Gasteiger partial charge is 0.467 e. The molecule has 1 atom stereocenters. The molecule has 2 amide bonds. The number of furan rings is 2. The van der Waals surface area contributed by atoms with Crippen molar-refractivity contribution < 1.29 is 27.9 Å². The summed E-state index contributed by atoms with van der Waals surface area (Å²) in [4.78, 5) is 30.0. The van der Waals surface area contributed by atoms with Crippen LogP contribution in [0.15, 0.2) is 57.6 Å². The average molecular weight is 521 g/mol. The highest BCUT2D eigenvalue weighted by molar-refractivity contribution is 5.88. The molecule has 38 heavy (non-hydrogen) atoms. The maximum atomic E-state index is 13.8. The normalized spacial score (nSPS) is 13.4. The Morgan fingerprint density at radius 3 is 2.66 bits per heavy atom. The number of nitrogens with zero attached hydrogens (tertiary/aromatic N) is 5. The van der Waals surface area contributed by atoms with Crippen LogP contribution in [0.5, 0.6) is 11.5 Å². The van der Waals surface area contributed by atoms with Gasteiger partial charge in [-0.25, -0.2) is 0 Å². The third-order valence-corrected chi connectivity index (χ3v) is 5.67. The van der Waals surface area contributed by atoms with E-state index in [4.69, 9.17) is 18.3 Å². The third kappa shape index (κ3) is 5.53. The van der Waals surface area contributed by atoms with Gasteiger partial charge in [-0.2, -0.15) is 4.80 Å². The lowest BCUT2D eigenvalue weighted by atomic mass is 10.1. The van der Waals surface area contributed by atoms with E-state index in [9.17, 15) is 9.59 Å². The number of aryl methyl sites for hydroxylation is 1. The summed E-state index contributed by atoms with van der Waals surface area (Å²) in [5.74, 6) is 2.09. The van der Waals surface area contributed by atoms with Crippen molar-refractivity contribution in [1.82, 2.24) is 30.4 Å². The van der Waals surface area contributed by atoms with Gasteiger partial charge >= 0.3 is 0 Å². The summed E-state index contributed by atoms with van der Waals surface area (Å²) in [5.41, 5.74) is 0.194. The fourth-order valence-electron chi connectivity index (χ4n) is 4.04. The molecule has 4 aromatic rings. The number of hydrogen-bond acceptors (Lipinski definition) is 9. The van der Waals surface area contributed by atoms with Gasteiger partial charge < -0.3 is 28.5 Å². The molecule has 12 nitrogen and oxygen atoms in total. The Morgan fingerprint density at radius 2 is 1.95 bits per heavy atom. The number of carbonyl (C=O) groups excluding carboxylic acids is 2. The van der Waals surface area contributed by atoms with Crippen LogP contribution in [0.2, 0.25) is 0 Å². The number of nitrogens with one attached hydrogen (secondary N) is 1. The Hall–Kier alpha value is -4.61. The minimum Gasteiger partial charge on any atom is -0.467 e. The highest BCUT2D eigenvalue weighted by Gasteiger charge is 2.36. The molecular weight excluding hydrogens is 492 g/mol. The van der Waals surface area contributed by atoms with Crippen LogP contribution in [-0.4, -0.2) is 49.3 Å². The zero-order valence-corrected chi connectivity index (χ0v) is 21.5. The van der Waals surface area contributed by atoms with E-state index in [1.165, 1.54) is 16.0 Å². The number of fused-ring (bicyclic) bond motifs is 1. The van der Waals surface area contributed by atoms with Crippen LogP contribution in [0, 0.1) is 6.92 Å². The second kappa shape index (κ2) is 10.0. The Bertz CT molecular complexity index is 1430. The Balaban J connectivity index is 1.47. The third-order valence-electron chi connectivity index (χ3n) is 5.67. The lowest BCUT2D eigenvalue weighted by Gasteiger charge is -2.32. The van der Waals surface area contributed by atoms with Gasteiger partial charge in [0.15, 0.2) is 23.3 Å². The van der Waals surface area contributed by atoms with Gasteiger partial charge in [0.2, 0.25) is 18.5 Å². The van der Waals surface area contributed by atoms with Crippen molar-refractivity contribution in [2.75, 3.05) is 6.79 Å². The maximum absolute atomic E-state index is 13.8. The SMILES string of the molecule is Cc1ccc(-c2nnn(CC(=O)N(Cc3ccc4c(c3)OCO4)C(C(=O)NC(C)(C)C)c3ccco3)n2)o1. The summed E-state index contributed by atoms with van der Waals surface area (Å²) in [7, 11) is 0. The molecular formula is C26H28N6O6. The number of rotatable bonds is 8. The van der Waals surface area contributed by atoms with Gasteiger partial charge in [-0.1, -0.05) is 6.07 Å². The molecule has 3 aromatic heterocycles. The molecule has 198 valence electrons. The Morgan fingerprint density at radius 1 is 1.13 bits per heavy atom. The summed E-state index contributed by atoms with van der Waals surface area (Å²) >= 11 is 0. The average Bonchev–Trinajstić information content (AvgIpc) is 3.65. The van der Waals surface area contributed by atoms with Crippen molar-refractivity contribution >= 4 is 11.8 Å². The minimum atomic E-state index is -1.06. The minimum absolute atomic E-state index is 0.0807. The fraction of sp³-hybridized carbons (Fsp3) is 0.346. The van der Waals surface area contributed by atoms with Crippen molar-refractivity contribution in [3.05, 3.63) is 65.8 Å². The van der Waals surface area contributed by atoms with Gasteiger partial charge in [-0.3, -0.25) is 9.59 Å². The molecule has 1 aromatic carbocycles. The summed E-state index contributed by atoms with van der Waals surface area (Å²) in [5, 5.41) is 15.3. The lowest BCUT2D eigenvalue weighted by molar-refractivity contribution is -0.143. The van der Waals surface area contributed by atoms with Gasteiger partial charge in [0.25, 0.3) is 5.91 Å². The van der Waals surface area contributed by atoms with Crippen molar-refractivity contribution in [2.45, 2.75) is 52.4 Å². The highest BCUT2D eigenvalue weighted by Crippen LogP contribution is 2.34. The smallest absolute Gasteiger partial charge is 0.251 e. The molecule has 1 aliphatic rings. The number of aromatic nitrogens is 4. The molecule has 0 saturated heterocycles. The van der Waals surface area contributed by atoms with Crippen molar-refractivity contribution in [3.63, 3.8) is 0 Å². The zero-order chi connectivity index (χ0) is 26.9. The number of hydrogen-bond donors (Lipinski definition) is 1. The lowest BCUT2D eigenvalue weighted by Crippen LogP contribution is -2.49. The van der Waals surface area contributed by atoms with Crippen LogP contribution in [0.1, 0.15) is 43.9 Å². The van der Waals surface area contributed by atoms with Gasteiger partial charge in [0, 0.05) is 12.1 Å². The summed E-state index contributed by atoms with van der Waals surface area (Å²) < 4.78 is 22.1. The van der Waals surface area contributed by atoms with Crippen LogP contribution in [0.4, 0.5) is 0 Å². The monoisotopic (exact) mass is 520 g/mol. The predicted molar refractivity (Wildman–Crippen MR) is 133 cm³/mol. The van der Waals surface area contributed by atoms with Crippen LogP contribution in [0.25, 0.3) is 11.6 Å². The van der Waals surface area contributed by atoms with E-state index in [0.717, 1.165) is 5.56 Å². The summed E-state index contributed by atoms with van der Waals surface area (Å²) in [6.45, 7) is 7.35. The van der Waals surface area contributed by atoms with Gasteiger partial charge in [-0.05, 0) is 74.9 Å². The first-order valence-corrected chi connectivity index (χ1v) is 12.0. The predicted octanol–water partition coefficient (Wildman–Crippen LogP) is 3.25. The molecule has 0 radical (unpaired) electrons. The molecule has 1 N–H and O–H groups in total. The van der Waals surface area contributed by atoms with E-state index in [0.29, 0.717) is 28.8 Å². The van der Waals surface area contributed by atoms with E-state index in [1.54, 1.807) is 36.4 Å². The van der Waals surface area contributed by atoms with E-state index in [1.807, 2.05) is 33.8 Å². The van der Waals surface area contributed by atoms with Crippen molar-refractivity contribution in [3.8, 4) is 23.1 Å². The van der Waals surface area contributed by atoms with E-state index in [-0.39, 0.29) is 31.6 Å². The second-order valence-electron chi connectivity index (χ2n) is 9.92. The molecule has 0 spiro atoms. The molecule has 1 unspecified atom stereocenters. The van der Waals surface area contributed by atoms with Crippen molar-refractivity contribution in [2.24, 2.45) is 0 Å². The first-order chi connectivity index (χ1) is 18.2. The topological polar surface area (TPSA) is 138 Å². The quantitative estimate of drug-likeness (QED) is 0.371. The summed E-state index contributed by atoms with van der Waals surface area (Å²) in [6.07, 6.45) is 1.46. The summed E-state index contributed by atoms with van der Waals surface area (Å²) in [6, 6.07) is 11.2. The molecule has 0 saturated carbocycles. The zero-order valence-electron chi connectivity index (χ0n) is 21.5. The first kappa shape index (κ1) is 25.1. The van der Waals surface area contributed by atoms with E-state index >= 15 is 0 Å². The molecule has 0 bridgehead atoms. The second-order valence-corrected chi connectivity index (χ2v) is 9.92. The number of amides is 2. The molecule has 5 rings (SSSR count). The fourth-order valence-corrected chi connectivity index (χ4v) is 4.04.